The Labute approximate surface area is 109 Å². The van der Waals surface area contributed by atoms with Crippen molar-refractivity contribution in [1.29, 1.82) is 0 Å². The van der Waals surface area contributed by atoms with Crippen LogP contribution in [0.4, 0.5) is 5.69 Å². The van der Waals surface area contributed by atoms with E-state index in [9.17, 15) is 0 Å². The van der Waals surface area contributed by atoms with E-state index in [0.29, 0.717) is 0 Å². The zero-order valence-corrected chi connectivity index (χ0v) is 10.8. The van der Waals surface area contributed by atoms with Crippen LogP contribution in [0.25, 0.3) is 0 Å². The number of ether oxygens (including phenoxy) is 1. The second-order valence-corrected chi connectivity index (χ2v) is 4.59. The molecule has 1 fully saturated rings. The van der Waals surface area contributed by atoms with E-state index in [0.717, 1.165) is 57.1 Å². The van der Waals surface area contributed by atoms with Crippen molar-refractivity contribution in [2.24, 2.45) is 0 Å². The largest absolute Gasteiger partial charge is 0.392 e. The Morgan fingerprint density at radius 2 is 1.89 bits per heavy atom. The first kappa shape index (κ1) is 13.3. The quantitative estimate of drug-likeness (QED) is 0.747. The molecule has 4 nitrogen and oxygen atoms in total. The number of rotatable bonds is 6. The van der Waals surface area contributed by atoms with E-state index in [1.807, 2.05) is 24.3 Å². The maximum absolute atomic E-state index is 8.95. The van der Waals surface area contributed by atoms with E-state index in [4.69, 9.17) is 9.84 Å². The smallest absolute Gasteiger partial charge is 0.0681 e. The fourth-order valence-corrected chi connectivity index (χ4v) is 2.09. The van der Waals surface area contributed by atoms with Gasteiger partial charge in [-0.05, 0) is 30.7 Å². The summed E-state index contributed by atoms with van der Waals surface area (Å²) in [5, 5.41) is 12.3. The van der Waals surface area contributed by atoms with E-state index in [1.54, 1.807) is 0 Å². The first-order valence-electron chi connectivity index (χ1n) is 6.62. The minimum Gasteiger partial charge on any atom is -0.392 e. The number of hydrogen-bond acceptors (Lipinski definition) is 4. The number of anilines is 1. The topological polar surface area (TPSA) is 44.7 Å². The molecule has 18 heavy (non-hydrogen) atoms. The Bertz CT molecular complexity index is 334. The molecule has 0 amide bonds. The Morgan fingerprint density at radius 1 is 1.17 bits per heavy atom. The summed E-state index contributed by atoms with van der Waals surface area (Å²) < 4.78 is 5.32. The molecule has 2 rings (SSSR count). The van der Waals surface area contributed by atoms with Crippen LogP contribution < -0.4 is 5.32 Å². The van der Waals surface area contributed by atoms with Gasteiger partial charge in [0.1, 0.15) is 0 Å². The molecule has 1 aromatic rings. The number of hydrogen-bond donors (Lipinski definition) is 2. The average Bonchev–Trinajstić information content (AvgIpc) is 2.45. The van der Waals surface area contributed by atoms with E-state index >= 15 is 0 Å². The fourth-order valence-electron chi connectivity index (χ4n) is 2.09. The van der Waals surface area contributed by atoms with Crippen LogP contribution in [0, 0.1) is 0 Å². The first-order chi connectivity index (χ1) is 8.88. The predicted octanol–water partition coefficient (Wildman–Crippen LogP) is 1.31. The van der Waals surface area contributed by atoms with Crippen molar-refractivity contribution >= 4 is 5.69 Å². The van der Waals surface area contributed by atoms with Crippen molar-refractivity contribution in [3.8, 4) is 0 Å². The summed E-state index contributed by atoms with van der Waals surface area (Å²) in [5.74, 6) is 0. The highest BCUT2D eigenvalue weighted by Crippen LogP contribution is 2.09. The molecule has 1 aliphatic heterocycles. The monoisotopic (exact) mass is 250 g/mol. The van der Waals surface area contributed by atoms with Crippen LogP contribution in [0.5, 0.6) is 0 Å². The van der Waals surface area contributed by atoms with Gasteiger partial charge in [0.25, 0.3) is 0 Å². The van der Waals surface area contributed by atoms with E-state index in [1.165, 1.54) is 0 Å². The van der Waals surface area contributed by atoms with Gasteiger partial charge in [0.2, 0.25) is 0 Å². The van der Waals surface area contributed by atoms with Crippen LogP contribution in [0.3, 0.4) is 0 Å². The minimum absolute atomic E-state index is 0.108. The zero-order chi connectivity index (χ0) is 12.6. The molecule has 0 unspecified atom stereocenters. The van der Waals surface area contributed by atoms with Gasteiger partial charge in [0.05, 0.1) is 19.8 Å². The molecule has 0 radical (unpaired) electrons. The van der Waals surface area contributed by atoms with Crippen LogP contribution in [-0.2, 0) is 11.3 Å². The highest BCUT2D eigenvalue weighted by atomic mass is 16.5. The number of benzene rings is 1. The van der Waals surface area contributed by atoms with Crippen molar-refractivity contribution < 1.29 is 9.84 Å². The standard InChI is InChI=1S/C14H22N2O2/c17-12-13-2-4-14(5-3-13)15-6-1-7-16-8-10-18-11-9-16/h2-5,15,17H,1,6-12H2. The highest BCUT2D eigenvalue weighted by molar-refractivity contribution is 5.44. The number of morpholine rings is 1. The normalized spacial score (nSPS) is 16.7. The van der Waals surface area contributed by atoms with Crippen molar-refractivity contribution in [1.82, 2.24) is 4.90 Å². The maximum atomic E-state index is 8.95. The molecule has 1 heterocycles. The lowest BCUT2D eigenvalue weighted by molar-refractivity contribution is 0.0378. The molecule has 0 aromatic heterocycles. The molecular weight excluding hydrogens is 228 g/mol. The van der Waals surface area contributed by atoms with Crippen molar-refractivity contribution in [2.45, 2.75) is 13.0 Å². The van der Waals surface area contributed by atoms with Gasteiger partial charge in [0, 0.05) is 25.3 Å². The van der Waals surface area contributed by atoms with Crippen LogP contribution in [0.1, 0.15) is 12.0 Å². The van der Waals surface area contributed by atoms with Crippen molar-refractivity contribution in [3.63, 3.8) is 0 Å². The Hall–Kier alpha value is -1.10. The lowest BCUT2D eigenvalue weighted by Crippen LogP contribution is -2.37. The third-order valence-electron chi connectivity index (χ3n) is 3.22. The SMILES string of the molecule is OCc1ccc(NCCCN2CCOCC2)cc1. The lowest BCUT2D eigenvalue weighted by Gasteiger charge is -2.26. The summed E-state index contributed by atoms with van der Waals surface area (Å²) in [4.78, 5) is 2.44. The summed E-state index contributed by atoms with van der Waals surface area (Å²) in [6.45, 7) is 6.08. The molecular formula is C14H22N2O2. The number of aliphatic hydroxyl groups excluding tert-OH is 1. The highest BCUT2D eigenvalue weighted by Gasteiger charge is 2.08. The molecule has 0 spiro atoms. The summed E-state index contributed by atoms with van der Waals surface area (Å²) in [5.41, 5.74) is 2.07. The summed E-state index contributed by atoms with van der Waals surface area (Å²) >= 11 is 0. The van der Waals surface area contributed by atoms with Gasteiger partial charge in [-0.25, -0.2) is 0 Å². The van der Waals surface area contributed by atoms with Gasteiger partial charge in [-0.1, -0.05) is 12.1 Å². The van der Waals surface area contributed by atoms with Gasteiger partial charge in [-0.2, -0.15) is 0 Å². The molecule has 0 saturated carbocycles. The molecule has 0 aliphatic carbocycles. The van der Waals surface area contributed by atoms with E-state index in [2.05, 4.69) is 10.2 Å². The summed E-state index contributed by atoms with van der Waals surface area (Å²) in [6.07, 6.45) is 1.14. The zero-order valence-electron chi connectivity index (χ0n) is 10.8. The molecule has 2 N–H and O–H groups in total. The van der Waals surface area contributed by atoms with Gasteiger partial charge < -0.3 is 15.2 Å². The molecule has 4 heteroatoms. The molecule has 1 saturated heterocycles. The van der Waals surface area contributed by atoms with Crippen LogP contribution in [0.15, 0.2) is 24.3 Å². The van der Waals surface area contributed by atoms with Crippen molar-refractivity contribution in [3.05, 3.63) is 29.8 Å². The summed E-state index contributed by atoms with van der Waals surface area (Å²) in [6, 6.07) is 7.93. The lowest BCUT2D eigenvalue weighted by atomic mass is 10.2. The van der Waals surface area contributed by atoms with Crippen LogP contribution >= 0.6 is 0 Å². The van der Waals surface area contributed by atoms with Gasteiger partial charge in [-0.15, -0.1) is 0 Å². The van der Waals surface area contributed by atoms with E-state index < -0.39 is 0 Å². The van der Waals surface area contributed by atoms with E-state index in [-0.39, 0.29) is 6.61 Å². The average molecular weight is 250 g/mol. The second-order valence-electron chi connectivity index (χ2n) is 4.59. The Kier molecular flexibility index (Phi) is 5.45. The second kappa shape index (κ2) is 7.36. The van der Waals surface area contributed by atoms with Gasteiger partial charge >= 0.3 is 0 Å². The fraction of sp³-hybridized carbons (Fsp3) is 0.571. The molecule has 100 valence electrons. The number of nitrogens with zero attached hydrogens (tertiary/aromatic N) is 1. The molecule has 1 aliphatic rings. The van der Waals surface area contributed by atoms with Crippen LogP contribution in [0.2, 0.25) is 0 Å². The van der Waals surface area contributed by atoms with Gasteiger partial charge in [-0.3, -0.25) is 4.90 Å². The third-order valence-corrected chi connectivity index (χ3v) is 3.22. The van der Waals surface area contributed by atoms with Crippen molar-refractivity contribution in [2.75, 3.05) is 44.7 Å². The minimum atomic E-state index is 0.108. The predicted molar refractivity (Wildman–Crippen MR) is 72.7 cm³/mol. The van der Waals surface area contributed by atoms with Gasteiger partial charge in [0.15, 0.2) is 0 Å². The molecule has 1 aromatic carbocycles. The van der Waals surface area contributed by atoms with Crippen LogP contribution in [-0.4, -0.2) is 49.4 Å². The Morgan fingerprint density at radius 3 is 2.56 bits per heavy atom. The third kappa shape index (κ3) is 4.29. The molecule has 0 bridgehead atoms. The number of aliphatic hydroxyl groups is 1. The first-order valence-corrected chi connectivity index (χ1v) is 6.62. The Balaban J connectivity index is 1.62. The molecule has 0 atom stereocenters. The maximum Gasteiger partial charge on any atom is 0.0681 e. The number of nitrogens with one attached hydrogen (secondary N) is 1. The summed E-state index contributed by atoms with van der Waals surface area (Å²) in [7, 11) is 0.